The van der Waals surface area contributed by atoms with E-state index in [0.29, 0.717) is 0 Å². The van der Waals surface area contributed by atoms with Crippen LogP contribution in [-0.4, -0.2) is 34.8 Å². The Morgan fingerprint density at radius 3 is 2.37 bits per heavy atom. The van der Waals surface area contributed by atoms with Crippen LogP contribution in [0.4, 0.5) is 26.3 Å². The molecule has 3 nitrogen and oxygen atoms in total. The van der Waals surface area contributed by atoms with Gasteiger partial charge in [0.2, 0.25) is 5.88 Å². The van der Waals surface area contributed by atoms with Crippen molar-refractivity contribution >= 4 is 11.6 Å². The molecule has 1 aromatic heterocycles. The number of halogens is 7. The summed E-state index contributed by atoms with van der Waals surface area (Å²) < 4.78 is 78.4. The topological polar surface area (TPSA) is 35.0 Å². The fourth-order valence-corrected chi connectivity index (χ4v) is 1.16. The van der Waals surface area contributed by atoms with Gasteiger partial charge in [-0.25, -0.2) is 14.4 Å². The van der Waals surface area contributed by atoms with Gasteiger partial charge in [0.1, 0.15) is 11.5 Å². The predicted octanol–water partition coefficient (Wildman–Crippen LogP) is 3.35. The van der Waals surface area contributed by atoms with Crippen LogP contribution < -0.4 is 4.74 Å². The average molecular weight is 309 g/mol. The standard InChI is InChI=1S/C9H7ClF6N2O/c1-4-5(10)17-3-18-6(4)19-2-8(12,13)7(11)9(14,15)16/h3,7H,2H2,1H3. The summed E-state index contributed by atoms with van der Waals surface area (Å²) in [4.78, 5) is 6.90. The van der Waals surface area contributed by atoms with Crippen molar-refractivity contribution in [3.63, 3.8) is 0 Å². The minimum Gasteiger partial charge on any atom is -0.471 e. The highest BCUT2D eigenvalue weighted by Crippen LogP contribution is 2.35. The van der Waals surface area contributed by atoms with E-state index in [1.165, 1.54) is 6.92 Å². The van der Waals surface area contributed by atoms with Crippen LogP contribution in [0.2, 0.25) is 5.15 Å². The van der Waals surface area contributed by atoms with Crippen LogP contribution in [-0.2, 0) is 0 Å². The quantitative estimate of drug-likeness (QED) is 0.632. The number of hydrogen-bond donors (Lipinski definition) is 0. The predicted molar refractivity (Wildman–Crippen MR) is 53.2 cm³/mol. The summed E-state index contributed by atoms with van der Waals surface area (Å²) in [6.45, 7) is -0.506. The van der Waals surface area contributed by atoms with E-state index >= 15 is 0 Å². The van der Waals surface area contributed by atoms with Crippen LogP contribution in [0.25, 0.3) is 0 Å². The highest BCUT2D eigenvalue weighted by Gasteiger charge is 2.57. The number of ether oxygens (including phenoxy) is 1. The van der Waals surface area contributed by atoms with E-state index in [-0.39, 0.29) is 10.7 Å². The molecule has 0 aromatic carbocycles. The van der Waals surface area contributed by atoms with Crippen LogP contribution in [0.5, 0.6) is 5.88 Å². The Hall–Kier alpha value is -1.25. The lowest BCUT2D eigenvalue weighted by Gasteiger charge is -2.22. The third-order valence-corrected chi connectivity index (χ3v) is 2.42. The second-order valence-electron chi connectivity index (χ2n) is 3.55. The molecular formula is C9H7ClF6N2O. The van der Waals surface area contributed by atoms with Crippen molar-refractivity contribution in [3.05, 3.63) is 17.0 Å². The molecule has 1 unspecified atom stereocenters. The van der Waals surface area contributed by atoms with E-state index in [4.69, 9.17) is 11.6 Å². The molecule has 1 atom stereocenters. The summed E-state index contributed by atoms with van der Waals surface area (Å²) in [6, 6.07) is 0. The second-order valence-corrected chi connectivity index (χ2v) is 3.91. The lowest BCUT2D eigenvalue weighted by molar-refractivity contribution is -0.250. The zero-order valence-electron chi connectivity index (χ0n) is 9.31. The Bertz CT molecular complexity index is 453. The first-order valence-corrected chi connectivity index (χ1v) is 5.12. The van der Waals surface area contributed by atoms with Gasteiger partial charge in [-0.1, -0.05) is 11.6 Å². The normalized spacial score (nSPS) is 14.3. The largest absolute Gasteiger partial charge is 0.471 e. The molecule has 0 spiro atoms. The van der Waals surface area contributed by atoms with Gasteiger partial charge in [0.15, 0.2) is 6.61 Å². The Labute approximate surface area is 108 Å². The Morgan fingerprint density at radius 2 is 1.84 bits per heavy atom. The van der Waals surface area contributed by atoms with E-state index in [9.17, 15) is 26.3 Å². The molecule has 0 amide bonds. The molecule has 0 aliphatic rings. The molecule has 0 N–H and O–H groups in total. The van der Waals surface area contributed by atoms with Gasteiger partial charge in [-0.2, -0.15) is 22.0 Å². The Kier molecular flexibility index (Phi) is 4.49. The van der Waals surface area contributed by atoms with Crippen molar-refractivity contribution in [1.82, 2.24) is 9.97 Å². The van der Waals surface area contributed by atoms with E-state index in [1.54, 1.807) is 0 Å². The summed E-state index contributed by atoms with van der Waals surface area (Å²) in [6.07, 6.45) is -9.12. The molecule has 10 heteroatoms. The van der Waals surface area contributed by atoms with Crippen LogP contribution in [0.3, 0.4) is 0 Å². The third kappa shape index (κ3) is 3.85. The fraction of sp³-hybridized carbons (Fsp3) is 0.556. The van der Waals surface area contributed by atoms with Crippen molar-refractivity contribution in [3.8, 4) is 5.88 Å². The minimum atomic E-state index is -5.68. The first-order valence-electron chi connectivity index (χ1n) is 4.74. The number of rotatable bonds is 4. The second kappa shape index (κ2) is 5.40. The van der Waals surface area contributed by atoms with Gasteiger partial charge in [0, 0.05) is 5.56 Å². The lowest BCUT2D eigenvalue weighted by Crippen LogP contribution is -2.45. The SMILES string of the molecule is Cc1c(Cl)ncnc1OCC(F)(F)C(F)C(F)(F)F. The molecule has 1 heterocycles. The molecular weight excluding hydrogens is 302 g/mol. The van der Waals surface area contributed by atoms with Gasteiger partial charge in [0.05, 0.1) is 0 Å². The first-order chi connectivity index (χ1) is 8.55. The molecule has 108 valence electrons. The Balaban J connectivity index is 2.78. The zero-order valence-corrected chi connectivity index (χ0v) is 10.1. The summed E-state index contributed by atoms with van der Waals surface area (Å²) >= 11 is 5.53. The molecule has 0 fully saturated rings. The molecule has 1 rings (SSSR count). The van der Waals surface area contributed by atoms with Gasteiger partial charge in [0.25, 0.3) is 6.17 Å². The van der Waals surface area contributed by atoms with Gasteiger partial charge < -0.3 is 4.74 Å². The highest BCUT2D eigenvalue weighted by molar-refractivity contribution is 6.30. The van der Waals surface area contributed by atoms with Gasteiger partial charge in [-0.3, -0.25) is 0 Å². The number of nitrogens with zero attached hydrogens (tertiary/aromatic N) is 2. The van der Waals surface area contributed by atoms with Crippen molar-refractivity contribution in [1.29, 1.82) is 0 Å². The molecule has 0 saturated heterocycles. The Morgan fingerprint density at radius 1 is 1.26 bits per heavy atom. The van der Waals surface area contributed by atoms with Gasteiger partial charge >= 0.3 is 12.1 Å². The monoisotopic (exact) mass is 308 g/mol. The molecule has 0 saturated carbocycles. The fourth-order valence-electron chi connectivity index (χ4n) is 1.04. The van der Waals surface area contributed by atoms with Crippen molar-refractivity contribution in [2.45, 2.75) is 25.2 Å². The number of alkyl halides is 6. The summed E-state index contributed by atoms with van der Waals surface area (Å²) in [5, 5.41) is -0.110. The van der Waals surface area contributed by atoms with E-state index in [1.807, 2.05) is 0 Å². The molecule has 0 aliphatic carbocycles. The van der Waals surface area contributed by atoms with E-state index < -0.39 is 30.8 Å². The van der Waals surface area contributed by atoms with Crippen molar-refractivity contribution < 1.29 is 31.1 Å². The van der Waals surface area contributed by atoms with Crippen molar-refractivity contribution in [2.75, 3.05) is 6.61 Å². The van der Waals surface area contributed by atoms with Crippen LogP contribution in [0.15, 0.2) is 6.33 Å². The molecule has 1 aromatic rings. The van der Waals surface area contributed by atoms with E-state index in [0.717, 1.165) is 6.33 Å². The van der Waals surface area contributed by atoms with E-state index in [2.05, 4.69) is 14.7 Å². The third-order valence-electron chi connectivity index (χ3n) is 2.04. The average Bonchev–Trinajstić information content (AvgIpc) is 2.29. The summed E-state index contributed by atoms with van der Waals surface area (Å²) in [5.74, 6) is -5.17. The molecule has 0 aliphatic heterocycles. The smallest absolute Gasteiger partial charge is 0.425 e. The van der Waals surface area contributed by atoms with Crippen molar-refractivity contribution in [2.24, 2.45) is 0 Å². The van der Waals surface area contributed by atoms with Gasteiger partial charge in [-0.15, -0.1) is 0 Å². The van der Waals surface area contributed by atoms with Crippen LogP contribution in [0.1, 0.15) is 5.56 Å². The number of aromatic nitrogens is 2. The maximum absolute atomic E-state index is 12.9. The summed E-state index contributed by atoms with van der Waals surface area (Å²) in [7, 11) is 0. The van der Waals surface area contributed by atoms with Crippen LogP contribution >= 0.6 is 11.6 Å². The molecule has 19 heavy (non-hydrogen) atoms. The maximum atomic E-state index is 12.9. The molecule has 0 bridgehead atoms. The highest BCUT2D eigenvalue weighted by atomic mass is 35.5. The number of hydrogen-bond acceptors (Lipinski definition) is 3. The lowest BCUT2D eigenvalue weighted by atomic mass is 10.2. The maximum Gasteiger partial charge on any atom is 0.425 e. The van der Waals surface area contributed by atoms with Gasteiger partial charge in [-0.05, 0) is 6.92 Å². The zero-order chi connectivity index (χ0) is 14.8. The first kappa shape index (κ1) is 15.8. The molecule has 0 radical (unpaired) electrons. The van der Waals surface area contributed by atoms with Crippen LogP contribution in [0, 0.1) is 6.92 Å². The minimum absolute atomic E-state index is 0.0578. The summed E-state index contributed by atoms with van der Waals surface area (Å²) in [5.41, 5.74) is 0.0578.